The Morgan fingerprint density at radius 1 is 1.17 bits per heavy atom. The Kier molecular flexibility index (Phi) is 11.9. The zero-order valence-electron chi connectivity index (χ0n) is 14.2. The molecule has 0 aliphatic rings. The molecule has 1 rings (SSSR count). The lowest BCUT2D eigenvalue weighted by Crippen LogP contribution is -2.39. The van der Waals surface area contributed by atoms with Gasteiger partial charge in [0.1, 0.15) is 12.4 Å². The van der Waals surface area contributed by atoms with E-state index in [1.807, 2.05) is 19.1 Å². The molecular weight excluding hydrogens is 298 g/mol. The Bertz CT molecular complexity index is 396. The van der Waals surface area contributed by atoms with Crippen LogP contribution < -0.4 is 10.6 Å². The number of nitrogens with one attached hydrogen (secondary N) is 2. The monoisotopic (exact) mass is 327 g/mol. The Labute approximate surface area is 138 Å². The van der Waals surface area contributed by atoms with Gasteiger partial charge in [-0.1, -0.05) is 0 Å². The number of methoxy groups -OCH3 is 1. The lowest BCUT2D eigenvalue weighted by molar-refractivity contribution is 0.0733. The number of furan rings is 1. The van der Waals surface area contributed by atoms with Crippen LogP contribution in [0.3, 0.4) is 0 Å². The molecule has 0 radical (unpaired) electrons. The van der Waals surface area contributed by atoms with Crippen LogP contribution in [0.1, 0.15) is 19.1 Å². The zero-order valence-corrected chi connectivity index (χ0v) is 14.2. The molecule has 0 aliphatic carbocycles. The molecule has 0 aromatic carbocycles. The van der Waals surface area contributed by atoms with Crippen LogP contribution in [0.2, 0.25) is 0 Å². The predicted octanol–water partition coefficient (Wildman–Crippen LogP) is 1.40. The summed E-state index contributed by atoms with van der Waals surface area (Å²) in [4.78, 5) is 4.49. The first-order chi connectivity index (χ1) is 11.4. The smallest absolute Gasteiger partial charge is 0.191 e. The van der Waals surface area contributed by atoms with E-state index in [1.165, 1.54) is 0 Å². The van der Waals surface area contributed by atoms with Crippen LogP contribution in [-0.2, 0) is 20.8 Å². The minimum absolute atomic E-state index is 0.508. The van der Waals surface area contributed by atoms with Crippen LogP contribution in [0.5, 0.6) is 0 Å². The van der Waals surface area contributed by atoms with Gasteiger partial charge in [0.25, 0.3) is 0 Å². The summed E-state index contributed by atoms with van der Waals surface area (Å²) < 4.78 is 21.0. The summed E-state index contributed by atoms with van der Waals surface area (Å²) in [7, 11) is 1.66. The van der Waals surface area contributed by atoms with Crippen LogP contribution in [0.4, 0.5) is 0 Å². The van der Waals surface area contributed by atoms with Gasteiger partial charge >= 0.3 is 0 Å². The fourth-order valence-corrected chi connectivity index (χ4v) is 1.75. The summed E-state index contributed by atoms with van der Waals surface area (Å²) in [5.41, 5.74) is 0. The largest absolute Gasteiger partial charge is 0.467 e. The van der Waals surface area contributed by atoms with Crippen LogP contribution in [-0.4, -0.2) is 59.1 Å². The van der Waals surface area contributed by atoms with Crippen molar-refractivity contribution >= 4 is 5.96 Å². The molecule has 0 spiro atoms. The van der Waals surface area contributed by atoms with Crippen molar-refractivity contribution in [3.8, 4) is 0 Å². The fourth-order valence-electron chi connectivity index (χ4n) is 1.75. The predicted molar refractivity (Wildman–Crippen MR) is 89.7 cm³/mol. The standard InChI is InChI=1S/C16H29N3O4/c1-3-17-16(19-8-11-21-13-12-20-2)18-7-5-9-22-14-15-6-4-10-23-15/h4,6,10H,3,5,7-9,11-14H2,1-2H3,(H2,17,18,19). The van der Waals surface area contributed by atoms with E-state index >= 15 is 0 Å². The quantitative estimate of drug-likeness (QED) is 0.324. The van der Waals surface area contributed by atoms with Crippen molar-refractivity contribution < 1.29 is 18.6 Å². The fraction of sp³-hybridized carbons (Fsp3) is 0.688. The minimum Gasteiger partial charge on any atom is -0.467 e. The normalized spacial score (nSPS) is 11.7. The van der Waals surface area contributed by atoms with Crippen molar-refractivity contribution in [3.05, 3.63) is 24.2 Å². The van der Waals surface area contributed by atoms with Gasteiger partial charge in [0.05, 0.1) is 26.1 Å². The molecular formula is C16H29N3O4. The molecule has 132 valence electrons. The van der Waals surface area contributed by atoms with Gasteiger partial charge in [-0.2, -0.15) is 0 Å². The second kappa shape index (κ2) is 14.0. The van der Waals surface area contributed by atoms with Gasteiger partial charge in [-0.05, 0) is 25.5 Å². The van der Waals surface area contributed by atoms with E-state index in [0.717, 1.165) is 24.7 Å². The van der Waals surface area contributed by atoms with E-state index in [9.17, 15) is 0 Å². The summed E-state index contributed by atoms with van der Waals surface area (Å²) >= 11 is 0. The highest BCUT2D eigenvalue weighted by molar-refractivity contribution is 5.79. The van der Waals surface area contributed by atoms with E-state index in [4.69, 9.17) is 18.6 Å². The maximum atomic E-state index is 5.52. The first-order valence-corrected chi connectivity index (χ1v) is 8.05. The van der Waals surface area contributed by atoms with Crippen molar-refractivity contribution in [2.75, 3.05) is 53.2 Å². The number of hydrogen-bond donors (Lipinski definition) is 2. The number of guanidine groups is 1. The lowest BCUT2D eigenvalue weighted by atomic mass is 10.4. The highest BCUT2D eigenvalue weighted by Crippen LogP contribution is 2.01. The van der Waals surface area contributed by atoms with Crippen molar-refractivity contribution in [2.45, 2.75) is 20.0 Å². The van der Waals surface area contributed by atoms with E-state index in [1.54, 1.807) is 13.4 Å². The maximum absolute atomic E-state index is 5.52. The second-order valence-corrected chi connectivity index (χ2v) is 4.78. The molecule has 7 heteroatoms. The molecule has 0 amide bonds. The van der Waals surface area contributed by atoms with Gasteiger partial charge in [-0.3, -0.25) is 4.99 Å². The average Bonchev–Trinajstić information content (AvgIpc) is 3.07. The van der Waals surface area contributed by atoms with E-state index in [-0.39, 0.29) is 0 Å². The van der Waals surface area contributed by atoms with Gasteiger partial charge in [-0.15, -0.1) is 0 Å². The lowest BCUT2D eigenvalue weighted by Gasteiger charge is -2.11. The molecule has 23 heavy (non-hydrogen) atoms. The Balaban J connectivity index is 2.06. The van der Waals surface area contributed by atoms with Gasteiger partial charge < -0.3 is 29.3 Å². The van der Waals surface area contributed by atoms with Crippen LogP contribution in [0.15, 0.2) is 27.8 Å². The van der Waals surface area contributed by atoms with E-state index in [0.29, 0.717) is 46.1 Å². The Morgan fingerprint density at radius 3 is 2.83 bits per heavy atom. The molecule has 1 aromatic heterocycles. The van der Waals surface area contributed by atoms with Crippen molar-refractivity contribution in [3.63, 3.8) is 0 Å². The van der Waals surface area contributed by atoms with E-state index < -0.39 is 0 Å². The molecule has 0 atom stereocenters. The Morgan fingerprint density at radius 2 is 2.09 bits per heavy atom. The topological polar surface area (TPSA) is 77.3 Å². The molecule has 7 nitrogen and oxygen atoms in total. The number of aliphatic imine (C=N–C) groups is 1. The third-order valence-electron chi connectivity index (χ3n) is 2.86. The zero-order chi connectivity index (χ0) is 16.6. The molecule has 0 saturated carbocycles. The first kappa shape index (κ1) is 19.5. The molecule has 0 unspecified atom stereocenters. The van der Waals surface area contributed by atoms with Crippen molar-refractivity contribution in [2.24, 2.45) is 4.99 Å². The second-order valence-electron chi connectivity index (χ2n) is 4.78. The van der Waals surface area contributed by atoms with Crippen molar-refractivity contribution in [1.82, 2.24) is 10.6 Å². The molecule has 0 aliphatic heterocycles. The molecule has 2 N–H and O–H groups in total. The van der Waals surface area contributed by atoms with Gasteiger partial charge in [0.15, 0.2) is 5.96 Å². The third-order valence-corrected chi connectivity index (χ3v) is 2.86. The van der Waals surface area contributed by atoms with Gasteiger partial charge in [0, 0.05) is 33.4 Å². The number of hydrogen-bond acceptors (Lipinski definition) is 5. The number of ether oxygens (including phenoxy) is 3. The SMILES string of the molecule is CCNC(=NCCCOCc1ccco1)NCCOCCOC. The highest BCUT2D eigenvalue weighted by Gasteiger charge is 1.98. The molecule has 1 heterocycles. The highest BCUT2D eigenvalue weighted by atomic mass is 16.5. The summed E-state index contributed by atoms with van der Waals surface area (Å²) in [6.45, 7) is 7.30. The maximum Gasteiger partial charge on any atom is 0.191 e. The van der Waals surface area contributed by atoms with Crippen molar-refractivity contribution in [1.29, 1.82) is 0 Å². The Hall–Kier alpha value is -1.57. The van der Waals surface area contributed by atoms with E-state index in [2.05, 4.69) is 15.6 Å². The molecule has 0 saturated heterocycles. The number of rotatable bonds is 13. The summed E-state index contributed by atoms with van der Waals surface area (Å²) in [6.07, 6.45) is 2.51. The third kappa shape index (κ3) is 10.7. The first-order valence-electron chi connectivity index (χ1n) is 8.05. The van der Waals surface area contributed by atoms with Crippen LogP contribution in [0.25, 0.3) is 0 Å². The molecule has 0 fully saturated rings. The molecule has 0 bridgehead atoms. The summed E-state index contributed by atoms with van der Waals surface area (Å²) in [5, 5.41) is 6.43. The molecule has 1 aromatic rings. The average molecular weight is 327 g/mol. The summed E-state index contributed by atoms with van der Waals surface area (Å²) in [5.74, 6) is 1.64. The van der Waals surface area contributed by atoms with Gasteiger partial charge in [-0.25, -0.2) is 0 Å². The van der Waals surface area contributed by atoms with Gasteiger partial charge in [0.2, 0.25) is 0 Å². The number of nitrogens with zero attached hydrogens (tertiary/aromatic N) is 1. The minimum atomic E-state index is 0.508. The summed E-state index contributed by atoms with van der Waals surface area (Å²) in [6, 6.07) is 3.76. The van der Waals surface area contributed by atoms with Crippen LogP contribution in [0, 0.1) is 0 Å². The van der Waals surface area contributed by atoms with Crippen LogP contribution >= 0.6 is 0 Å².